The summed E-state index contributed by atoms with van der Waals surface area (Å²) in [5.41, 5.74) is 6.27. The summed E-state index contributed by atoms with van der Waals surface area (Å²) in [4.78, 5) is 0. The summed E-state index contributed by atoms with van der Waals surface area (Å²) in [6.07, 6.45) is -3.99. The smallest absolute Gasteiger partial charge is 0.309 e. The van der Waals surface area contributed by atoms with E-state index in [1.165, 1.54) is 12.1 Å². The van der Waals surface area contributed by atoms with Crippen LogP contribution in [0.1, 0.15) is 103 Å². The molecule has 1 aliphatic rings. The van der Waals surface area contributed by atoms with Crippen molar-refractivity contribution in [3.63, 3.8) is 0 Å². The van der Waals surface area contributed by atoms with E-state index in [1.807, 2.05) is 9.13 Å². The van der Waals surface area contributed by atoms with Gasteiger partial charge >= 0.3 is 6.18 Å². The van der Waals surface area contributed by atoms with Gasteiger partial charge in [-0.05, 0) is 110 Å². The molecule has 0 N–H and O–H groups in total. The Morgan fingerprint density at radius 2 is 0.845 bits per heavy atom. The fourth-order valence-electron chi connectivity index (χ4n) is 9.70. The van der Waals surface area contributed by atoms with E-state index in [1.54, 1.807) is 24.3 Å². The Balaban J connectivity index is 1.58. The third-order valence-corrected chi connectivity index (χ3v) is 12.8. The van der Waals surface area contributed by atoms with Gasteiger partial charge < -0.3 is 9.13 Å². The predicted molar refractivity (Wildman–Crippen MR) is 234 cm³/mol. The first kappa shape index (κ1) is 38.2. The lowest BCUT2D eigenvalue weighted by molar-refractivity contribution is -0.137. The van der Waals surface area contributed by atoms with Crippen LogP contribution in [-0.4, -0.2) is 9.13 Å². The fraction of sp³-hybridized carbons (Fsp3) is 0.308. The lowest BCUT2D eigenvalue weighted by atomic mass is 9.68. The van der Waals surface area contributed by atoms with Crippen molar-refractivity contribution in [2.45, 2.75) is 103 Å². The summed E-state index contributed by atoms with van der Waals surface area (Å²) in [6.45, 7) is 21.7. The van der Waals surface area contributed by atoms with Gasteiger partial charge in [-0.15, -0.1) is 0 Å². The zero-order valence-corrected chi connectivity index (χ0v) is 35.0. The van der Waals surface area contributed by atoms with Crippen LogP contribution in [0.25, 0.3) is 66.1 Å². The van der Waals surface area contributed by atoms with Gasteiger partial charge in [-0.1, -0.05) is 130 Å². The van der Waals surface area contributed by atoms with Gasteiger partial charge in [0.2, 0.25) is 0 Å². The molecule has 0 saturated carbocycles. The Morgan fingerprint density at radius 1 is 0.466 bits per heavy atom. The summed E-state index contributed by atoms with van der Waals surface area (Å²) in [5.74, 6) is -0.412. The Bertz CT molecular complexity index is 2800. The molecule has 8 aromatic rings. The maximum atomic E-state index is 16.6. The first-order valence-electron chi connectivity index (χ1n) is 20.2. The first-order valence-corrected chi connectivity index (χ1v) is 20.2. The standard InChI is InChI=1S/C52H50F4N2/c1-48(2,3)32-13-19-37-39-21-15-34-27-43(39)57(41(37)25-32)45-23-31(30-11-17-36(53)18-12-30)24-46(47(45)52(54,55)56)58-42-26-33(49(4,5)6)14-20-38(42)40-22-16-35(28-44(40)58)51(9,10)29-50(34,7)8/h11-28H,29H2,1-10H3. The van der Waals surface area contributed by atoms with Gasteiger partial charge in [-0.25, -0.2) is 4.39 Å². The second-order valence-corrected chi connectivity index (χ2v) is 19.9. The van der Waals surface area contributed by atoms with Gasteiger partial charge in [0.1, 0.15) is 11.4 Å². The highest BCUT2D eigenvalue weighted by Crippen LogP contribution is 2.49. The van der Waals surface area contributed by atoms with Gasteiger partial charge in [-0.2, -0.15) is 13.2 Å². The average molecular weight is 779 g/mol. The number of alkyl halides is 3. The zero-order valence-electron chi connectivity index (χ0n) is 35.0. The Kier molecular flexibility index (Phi) is 8.11. The summed E-state index contributed by atoms with van der Waals surface area (Å²) in [7, 11) is 0. The van der Waals surface area contributed by atoms with Crippen LogP contribution in [0.5, 0.6) is 0 Å². The quantitative estimate of drug-likeness (QED) is 0.147. The molecule has 6 heteroatoms. The zero-order chi connectivity index (χ0) is 41.5. The van der Waals surface area contributed by atoms with Gasteiger partial charge in [0.15, 0.2) is 0 Å². The van der Waals surface area contributed by atoms with E-state index in [0.717, 1.165) is 50.2 Å². The van der Waals surface area contributed by atoms with E-state index in [4.69, 9.17) is 0 Å². The number of hydrogen-bond acceptors (Lipinski definition) is 0. The molecule has 9 rings (SSSR count). The molecule has 0 fully saturated rings. The van der Waals surface area contributed by atoms with Crippen LogP contribution in [0.15, 0.2) is 109 Å². The Labute approximate surface area is 338 Å². The van der Waals surface area contributed by atoms with Crippen molar-refractivity contribution in [1.82, 2.24) is 9.13 Å². The number of fused-ring (bicyclic) bond motifs is 12. The molecule has 6 bridgehead atoms. The number of hydrogen-bond donors (Lipinski definition) is 0. The van der Waals surface area contributed by atoms with Crippen molar-refractivity contribution in [2.75, 3.05) is 0 Å². The topological polar surface area (TPSA) is 9.86 Å². The van der Waals surface area contributed by atoms with Crippen molar-refractivity contribution >= 4 is 43.6 Å². The van der Waals surface area contributed by atoms with Crippen molar-refractivity contribution in [1.29, 1.82) is 0 Å². The lowest BCUT2D eigenvalue weighted by Gasteiger charge is -2.36. The van der Waals surface area contributed by atoms with Gasteiger partial charge in [0, 0.05) is 21.5 Å². The summed E-state index contributed by atoms with van der Waals surface area (Å²) in [5, 5.41) is 3.54. The highest BCUT2D eigenvalue weighted by molar-refractivity contribution is 6.11. The van der Waals surface area contributed by atoms with Gasteiger partial charge in [0.25, 0.3) is 0 Å². The summed E-state index contributed by atoms with van der Waals surface area (Å²) in [6, 6.07) is 34.6. The minimum absolute atomic E-state index is 0.0286. The lowest BCUT2D eigenvalue weighted by Crippen LogP contribution is -2.30. The molecule has 0 radical (unpaired) electrons. The minimum Gasteiger partial charge on any atom is -0.309 e. The van der Waals surface area contributed by atoms with Crippen molar-refractivity contribution in [2.24, 2.45) is 0 Å². The number of aromatic nitrogens is 2. The van der Waals surface area contributed by atoms with Gasteiger partial charge in [-0.3, -0.25) is 0 Å². The van der Waals surface area contributed by atoms with E-state index in [0.29, 0.717) is 33.2 Å². The molecule has 3 heterocycles. The molecule has 0 saturated heterocycles. The monoisotopic (exact) mass is 778 g/mol. The molecule has 58 heavy (non-hydrogen) atoms. The predicted octanol–water partition coefficient (Wildman–Crippen LogP) is 15.3. The van der Waals surface area contributed by atoms with Crippen molar-refractivity contribution in [3.05, 3.63) is 143 Å². The largest absolute Gasteiger partial charge is 0.420 e. The van der Waals surface area contributed by atoms with E-state index < -0.39 is 17.6 Å². The first-order chi connectivity index (χ1) is 27.0. The van der Waals surface area contributed by atoms with E-state index >= 15 is 13.2 Å². The number of rotatable bonds is 1. The summed E-state index contributed by atoms with van der Waals surface area (Å²) >= 11 is 0. The van der Waals surface area contributed by atoms with E-state index in [9.17, 15) is 4.39 Å². The minimum atomic E-state index is -4.79. The SMILES string of the molecule is CC(C)(C)c1ccc2c3ccc4cc3n(c2c1)-c1cc(-c2ccc(F)cc2)cc(c1C(F)(F)F)-n1c2cc(C(C)(C)C)ccc2c2ccc(cc21)C(C)(C)CC4(C)C. The molecule has 1 aliphatic heterocycles. The molecule has 0 atom stereocenters. The Morgan fingerprint density at radius 3 is 1.22 bits per heavy atom. The summed E-state index contributed by atoms with van der Waals surface area (Å²) < 4.78 is 68.1. The van der Waals surface area contributed by atoms with Crippen LogP contribution in [-0.2, 0) is 27.8 Å². The molecule has 0 aliphatic carbocycles. The Hall–Kier alpha value is -5.36. The number of benzene rings is 6. The molecular weight excluding hydrogens is 729 g/mol. The van der Waals surface area contributed by atoms with Crippen molar-refractivity contribution < 1.29 is 17.6 Å². The fourth-order valence-corrected chi connectivity index (χ4v) is 9.70. The number of halogens is 4. The second kappa shape index (κ2) is 12.3. The van der Waals surface area contributed by atoms with Gasteiger partial charge in [0.05, 0.1) is 33.4 Å². The molecule has 0 amide bonds. The molecule has 296 valence electrons. The highest BCUT2D eigenvalue weighted by atomic mass is 19.4. The van der Waals surface area contributed by atoms with E-state index in [-0.39, 0.29) is 33.0 Å². The van der Waals surface area contributed by atoms with Crippen LogP contribution in [0.4, 0.5) is 17.6 Å². The third kappa shape index (κ3) is 5.96. The molecule has 2 aromatic heterocycles. The van der Waals surface area contributed by atoms with Crippen LogP contribution in [0.2, 0.25) is 0 Å². The van der Waals surface area contributed by atoms with Crippen LogP contribution in [0.3, 0.4) is 0 Å². The van der Waals surface area contributed by atoms with Crippen LogP contribution < -0.4 is 0 Å². The molecule has 0 unspecified atom stereocenters. The maximum Gasteiger partial charge on any atom is 0.420 e. The van der Waals surface area contributed by atoms with E-state index in [2.05, 4.69) is 142 Å². The van der Waals surface area contributed by atoms with Crippen LogP contribution in [0, 0.1) is 5.82 Å². The normalized spacial score (nSPS) is 15.6. The third-order valence-electron chi connectivity index (χ3n) is 12.8. The average Bonchev–Trinajstić information content (AvgIpc) is 3.64. The molecular formula is C52H50F4N2. The second-order valence-electron chi connectivity index (χ2n) is 19.9. The molecule has 0 spiro atoms. The number of nitrogens with zero attached hydrogens (tertiary/aromatic N) is 2. The molecule has 2 nitrogen and oxygen atoms in total. The van der Waals surface area contributed by atoms with Crippen molar-refractivity contribution in [3.8, 4) is 22.5 Å². The van der Waals surface area contributed by atoms with Crippen LogP contribution >= 0.6 is 0 Å². The highest BCUT2D eigenvalue weighted by Gasteiger charge is 2.41. The maximum absolute atomic E-state index is 16.6. The molecule has 6 aromatic carbocycles.